The van der Waals surface area contributed by atoms with E-state index in [-0.39, 0.29) is 0 Å². The van der Waals surface area contributed by atoms with Crippen LogP contribution in [0.15, 0.2) is 18.2 Å². The molecule has 0 aliphatic heterocycles. The molecule has 0 radical (unpaired) electrons. The van der Waals surface area contributed by atoms with Crippen LogP contribution < -0.4 is 5.32 Å². The van der Waals surface area contributed by atoms with Crippen LogP contribution in [0, 0.1) is 24.7 Å². The fourth-order valence-corrected chi connectivity index (χ4v) is 5.47. The van der Waals surface area contributed by atoms with E-state index in [1.165, 1.54) is 44.1 Å². The van der Waals surface area contributed by atoms with Crippen molar-refractivity contribution in [3.63, 3.8) is 0 Å². The maximum Gasteiger partial charge on any atom is 0.118 e. The lowest BCUT2D eigenvalue weighted by molar-refractivity contribution is -0.0206. The van der Waals surface area contributed by atoms with Crippen LogP contribution in [0.1, 0.15) is 49.7 Å². The standard InChI is InChI=1S/C18H25NO/c1-12-16(3-2-4-17(12)20)11-19-18-8-13-5-14(9-18)7-15(6-13)10-18/h2-4,13-15,19-20H,5-11H2,1H3. The molecule has 1 aromatic rings. The highest BCUT2D eigenvalue weighted by Gasteiger charge is 2.50. The average Bonchev–Trinajstić information content (AvgIpc) is 2.39. The van der Waals surface area contributed by atoms with Gasteiger partial charge in [-0.15, -0.1) is 0 Å². The largest absolute Gasteiger partial charge is 0.508 e. The van der Waals surface area contributed by atoms with Gasteiger partial charge in [0.15, 0.2) is 0 Å². The number of benzene rings is 1. The Morgan fingerprint density at radius 2 is 1.70 bits per heavy atom. The van der Waals surface area contributed by atoms with Gasteiger partial charge in [-0.2, -0.15) is 0 Å². The highest BCUT2D eigenvalue weighted by atomic mass is 16.3. The summed E-state index contributed by atoms with van der Waals surface area (Å²) >= 11 is 0. The number of rotatable bonds is 3. The zero-order valence-electron chi connectivity index (χ0n) is 12.4. The van der Waals surface area contributed by atoms with E-state index in [1.807, 2.05) is 13.0 Å². The fraction of sp³-hybridized carbons (Fsp3) is 0.667. The van der Waals surface area contributed by atoms with Gasteiger partial charge in [-0.1, -0.05) is 12.1 Å². The summed E-state index contributed by atoms with van der Waals surface area (Å²) in [6, 6.07) is 5.88. The molecule has 4 aliphatic carbocycles. The van der Waals surface area contributed by atoms with Gasteiger partial charge in [-0.25, -0.2) is 0 Å². The van der Waals surface area contributed by atoms with E-state index in [9.17, 15) is 5.11 Å². The molecule has 0 saturated heterocycles. The molecule has 0 atom stereocenters. The summed E-state index contributed by atoms with van der Waals surface area (Å²) in [5.74, 6) is 3.38. The summed E-state index contributed by atoms with van der Waals surface area (Å²) in [5.41, 5.74) is 2.69. The molecule has 0 spiro atoms. The molecule has 2 N–H and O–H groups in total. The van der Waals surface area contributed by atoms with Crippen LogP contribution in [-0.4, -0.2) is 10.6 Å². The van der Waals surface area contributed by atoms with Crippen LogP contribution in [0.5, 0.6) is 5.75 Å². The minimum Gasteiger partial charge on any atom is -0.508 e. The van der Waals surface area contributed by atoms with Gasteiger partial charge in [-0.05, 0) is 80.4 Å². The maximum absolute atomic E-state index is 9.83. The summed E-state index contributed by atoms with van der Waals surface area (Å²) in [4.78, 5) is 0. The second-order valence-corrected chi connectivity index (χ2v) is 7.61. The topological polar surface area (TPSA) is 32.3 Å². The predicted molar refractivity (Wildman–Crippen MR) is 80.6 cm³/mol. The van der Waals surface area contributed by atoms with Crippen LogP contribution >= 0.6 is 0 Å². The van der Waals surface area contributed by atoms with Crippen LogP contribution in [0.25, 0.3) is 0 Å². The smallest absolute Gasteiger partial charge is 0.118 e. The number of phenols is 1. The van der Waals surface area contributed by atoms with Gasteiger partial charge < -0.3 is 10.4 Å². The number of nitrogens with one attached hydrogen (secondary N) is 1. The Hall–Kier alpha value is -1.02. The monoisotopic (exact) mass is 271 g/mol. The lowest BCUT2D eigenvalue weighted by Crippen LogP contribution is -2.58. The molecule has 4 saturated carbocycles. The molecule has 20 heavy (non-hydrogen) atoms. The molecule has 0 unspecified atom stereocenters. The van der Waals surface area contributed by atoms with Gasteiger partial charge in [0, 0.05) is 12.1 Å². The lowest BCUT2D eigenvalue weighted by Gasteiger charge is -2.57. The zero-order chi connectivity index (χ0) is 13.7. The van der Waals surface area contributed by atoms with E-state index in [0.717, 1.165) is 29.9 Å². The maximum atomic E-state index is 9.83. The molecule has 4 fully saturated rings. The second kappa shape index (κ2) is 4.49. The lowest BCUT2D eigenvalue weighted by atomic mass is 9.53. The van der Waals surface area contributed by atoms with Crippen molar-refractivity contribution >= 4 is 0 Å². The molecule has 5 rings (SSSR count). The van der Waals surface area contributed by atoms with Crippen LogP contribution in [0.2, 0.25) is 0 Å². The summed E-state index contributed by atoms with van der Waals surface area (Å²) in [7, 11) is 0. The molecule has 1 aromatic carbocycles. The second-order valence-electron chi connectivity index (χ2n) is 7.61. The highest BCUT2D eigenvalue weighted by molar-refractivity contribution is 5.38. The summed E-state index contributed by atoms with van der Waals surface area (Å²) in [5, 5.41) is 13.7. The zero-order valence-corrected chi connectivity index (χ0v) is 12.4. The van der Waals surface area contributed by atoms with Gasteiger partial charge >= 0.3 is 0 Å². The molecular weight excluding hydrogens is 246 g/mol. The van der Waals surface area contributed by atoms with Crippen molar-refractivity contribution in [2.75, 3.05) is 0 Å². The number of phenolic OH excluding ortho intramolecular Hbond substituents is 1. The molecule has 2 heteroatoms. The Bertz CT molecular complexity index is 487. The van der Waals surface area contributed by atoms with Gasteiger partial charge in [0.05, 0.1) is 0 Å². The van der Waals surface area contributed by atoms with Gasteiger partial charge in [0.2, 0.25) is 0 Å². The summed E-state index contributed by atoms with van der Waals surface area (Å²) in [6.45, 7) is 2.93. The third kappa shape index (κ3) is 2.05. The van der Waals surface area contributed by atoms with E-state index in [4.69, 9.17) is 0 Å². The predicted octanol–water partition coefficient (Wildman–Crippen LogP) is 3.76. The van der Waals surface area contributed by atoms with Crippen LogP contribution in [0.4, 0.5) is 0 Å². The van der Waals surface area contributed by atoms with Gasteiger partial charge in [0.1, 0.15) is 5.75 Å². The van der Waals surface area contributed by atoms with E-state index < -0.39 is 0 Å². The highest BCUT2D eigenvalue weighted by Crippen LogP contribution is 2.55. The van der Waals surface area contributed by atoms with E-state index >= 15 is 0 Å². The van der Waals surface area contributed by atoms with Crippen LogP contribution in [0.3, 0.4) is 0 Å². The Kier molecular flexibility index (Phi) is 2.85. The molecule has 0 aromatic heterocycles. The van der Waals surface area contributed by atoms with Crippen molar-refractivity contribution in [2.45, 2.75) is 57.5 Å². The van der Waals surface area contributed by atoms with Gasteiger partial charge in [0.25, 0.3) is 0 Å². The van der Waals surface area contributed by atoms with Crippen molar-refractivity contribution in [3.8, 4) is 5.75 Å². The third-order valence-electron chi connectivity index (χ3n) is 6.11. The van der Waals surface area contributed by atoms with E-state index in [0.29, 0.717) is 11.3 Å². The SMILES string of the molecule is Cc1c(O)cccc1CNC12CC3CC(CC(C3)C1)C2. The Morgan fingerprint density at radius 1 is 1.10 bits per heavy atom. The van der Waals surface area contributed by atoms with Crippen molar-refractivity contribution in [3.05, 3.63) is 29.3 Å². The van der Waals surface area contributed by atoms with E-state index in [1.54, 1.807) is 6.07 Å². The first-order valence-corrected chi connectivity index (χ1v) is 8.16. The number of aromatic hydroxyl groups is 1. The van der Waals surface area contributed by atoms with Crippen molar-refractivity contribution in [1.29, 1.82) is 0 Å². The number of hydrogen-bond donors (Lipinski definition) is 2. The van der Waals surface area contributed by atoms with Crippen LogP contribution in [-0.2, 0) is 6.54 Å². The summed E-state index contributed by atoms with van der Waals surface area (Å²) < 4.78 is 0. The molecule has 4 bridgehead atoms. The molecular formula is C18H25NO. The Balaban J connectivity index is 1.50. The first-order chi connectivity index (χ1) is 9.63. The first kappa shape index (κ1) is 12.7. The minimum atomic E-state index is 0.409. The Labute approximate surface area is 121 Å². The fourth-order valence-electron chi connectivity index (χ4n) is 5.47. The minimum absolute atomic E-state index is 0.409. The van der Waals surface area contributed by atoms with Gasteiger partial charge in [-0.3, -0.25) is 0 Å². The van der Waals surface area contributed by atoms with E-state index in [2.05, 4.69) is 11.4 Å². The first-order valence-electron chi connectivity index (χ1n) is 8.16. The molecule has 2 nitrogen and oxygen atoms in total. The molecule has 108 valence electrons. The Morgan fingerprint density at radius 3 is 2.30 bits per heavy atom. The van der Waals surface area contributed by atoms with Crippen molar-refractivity contribution < 1.29 is 5.11 Å². The molecule has 0 amide bonds. The summed E-state index contributed by atoms with van der Waals surface area (Å²) in [6.07, 6.45) is 8.63. The normalized spacial score (nSPS) is 38.4. The third-order valence-corrected chi connectivity index (χ3v) is 6.11. The number of hydrogen-bond acceptors (Lipinski definition) is 2. The van der Waals surface area contributed by atoms with Crippen molar-refractivity contribution in [1.82, 2.24) is 5.32 Å². The molecule has 0 heterocycles. The molecule has 4 aliphatic rings. The quantitative estimate of drug-likeness (QED) is 0.877. The average molecular weight is 271 g/mol. The van der Waals surface area contributed by atoms with Crippen molar-refractivity contribution in [2.24, 2.45) is 17.8 Å².